The van der Waals surface area contributed by atoms with E-state index in [1.165, 1.54) is 19.3 Å². The number of carbonyl (C=O) groups excluding carboxylic acids is 3. The zero-order valence-electron chi connectivity index (χ0n) is 20.8. The maximum absolute atomic E-state index is 13.1. The molecule has 1 saturated heterocycles. The van der Waals surface area contributed by atoms with E-state index in [1.807, 2.05) is 35.2 Å². The topological polar surface area (TPSA) is 99.8 Å². The van der Waals surface area contributed by atoms with Crippen LogP contribution in [0.15, 0.2) is 30.3 Å². The summed E-state index contributed by atoms with van der Waals surface area (Å²) in [4.78, 5) is 39.9. The van der Waals surface area contributed by atoms with Crippen LogP contribution in [-0.4, -0.2) is 59.7 Å². The number of benzene rings is 1. The first-order valence-corrected chi connectivity index (χ1v) is 12.6. The Bertz CT molecular complexity index is 810. The molecule has 188 valence electrons. The molecule has 1 aromatic rings. The van der Waals surface area contributed by atoms with Gasteiger partial charge in [-0.25, -0.2) is 9.59 Å². The van der Waals surface area contributed by atoms with Crippen LogP contribution in [-0.2, 0) is 16.0 Å². The van der Waals surface area contributed by atoms with E-state index in [0.717, 1.165) is 18.4 Å². The third-order valence-electron chi connectivity index (χ3n) is 6.35. The molecule has 1 saturated carbocycles. The second kappa shape index (κ2) is 12.1. The van der Waals surface area contributed by atoms with Crippen molar-refractivity contribution in [3.05, 3.63) is 35.9 Å². The van der Waals surface area contributed by atoms with Crippen molar-refractivity contribution in [2.45, 2.75) is 95.9 Å². The molecule has 3 rings (SSSR count). The molecule has 8 nitrogen and oxygen atoms in total. The zero-order chi connectivity index (χ0) is 24.6. The average Bonchev–Trinajstić information content (AvgIpc) is 2.79. The van der Waals surface area contributed by atoms with Gasteiger partial charge >= 0.3 is 12.1 Å². The molecule has 1 aromatic carbocycles. The smallest absolute Gasteiger partial charge is 0.408 e. The molecule has 1 unspecified atom stereocenters. The molecular formula is C26H40N4O4. The Morgan fingerprint density at radius 3 is 2.18 bits per heavy atom. The van der Waals surface area contributed by atoms with Gasteiger partial charge in [0, 0.05) is 31.6 Å². The lowest BCUT2D eigenvalue weighted by atomic mass is 9.95. The number of nitrogens with zero attached hydrogens (tertiary/aromatic N) is 1. The minimum atomic E-state index is -0.745. The van der Waals surface area contributed by atoms with Gasteiger partial charge in [0.05, 0.1) is 0 Å². The number of hydrogen-bond acceptors (Lipinski definition) is 4. The van der Waals surface area contributed by atoms with Gasteiger partial charge in [-0.1, -0.05) is 49.6 Å². The van der Waals surface area contributed by atoms with Crippen LogP contribution in [0.1, 0.15) is 71.3 Å². The maximum Gasteiger partial charge on any atom is 0.408 e. The monoisotopic (exact) mass is 472 g/mol. The van der Waals surface area contributed by atoms with Gasteiger partial charge in [-0.3, -0.25) is 4.79 Å². The van der Waals surface area contributed by atoms with Crippen molar-refractivity contribution in [1.82, 2.24) is 20.9 Å². The summed E-state index contributed by atoms with van der Waals surface area (Å²) in [6.45, 7) is 6.57. The summed E-state index contributed by atoms with van der Waals surface area (Å²) in [5.41, 5.74) is 0.302. The first kappa shape index (κ1) is 25.8. The van der Waals surface area contributed by atoms with Crippen LogP contribution in [0.25, 0.3) is 0 Å². The molecule has 8 heteroatoms. The zero-order valence-corrected chi connectivity index (χ0v) is 20.8. The standard InChI is InChI=1S/C26H40N4O4/c1-26(2,3)34-25(33)29-22(18-19-10-6-4-7-11-19)23(31)27-21-14-16-30(17-15-21)24(32)28-20-12-8-5-9-13-20/h4,6-7,10-11,20-22H,5,8-9,12-18H2,1-3H3,(H,27,31)(H,28,32)(H,29,33). The van der Waals surface area contributed by atoms with Crippen LogP contribution < -0.4 is 16.0 Å². The Morgan fingerprint density at radius 1 is 0.941 bits per heavy atom. The van der Waals surface area contributed by atoms with Gasteiger partial charge in [-0.2, -0.15) is 0 Å². The lowest BCUT2D eigenvalue weighted by Crippen LogP contribution is -2.55. The highest BCUT2D eigenvalue weighted by atomic mass is 16.6. The van der Waals surface area contributed by atoms with Crippen molar-refractivity contribution in [2.24, 2.45) is 0 Å². The summed E-state index contributed by atoms with van der Waals surface area (Å²) in [6, 6.07) is 9.10. The second-order valence-electron chi connectivity index (χ2n) is 10.4. The molecule has 0 bridgehead atoms. The minimum absolute atomic E-state index is 0.00484. The normalized spacial score (nSPS) is 18.6. The number of piperidine rings is 1. The minimum Gasteiger partial charge on any atom is -0.444 e. The van der Waals surface area contributed by atoms with Crippen LogP contribution in [0.4, 0.5) is 9.59 Å². The predicted octanol–water partition coefficient (Wildman–Crippen LogP) is 3.75. The first-order chi connectivity index (χ1) is 16.2. The van der Waals surface area contributed by atoms with Crippen molar-refractivity contribution < 1.29 is 19.1 Å². The number of carbonyl (C=O) groups is 3. The quantitative estimate of drug-likeness (QED) is 0.587. The number of likely N-dealkylation sites (tertiary alicyclic amines) is 1. The van der Waals surface area contributed by atoms with Gasteiger partial charge < -0.3 is 25.6 Å². The molecule has 2 fully saturated rings. The number of ether oxygens (including phenoxy) is 1. The predicted molar refractivity (Wildman–Crippen MR) is 131 cm³/mol. The molecule has 1 aliphatic carbocycles. The van der Waals surface area contributed by atoms with E-state index in [2.05, 4.69) is 16.0 Å². The Kier molecular flexibility index (Phi) is 9.19. The summed E-state index contributed by atoms with van der Waals surface area (Å²) in [5, 5.41) is 8.98. The fraction of sp³-hybridized carbons (Fsp3) is 0.654. The third kappa shape index (κ3) is 8.54. The van der Waals surface area contributed by atoms with E-state index < -0.39 is 17.7 Å². The molecule has 1 aliphatic heterocycles. The third-order valence-corrected chi connectivity index (χ3v) is 6.35. The van der Waals surface area contributed by atoms with Gasteiger partial charge in [0.2, 0.25) is 5.91 Å². The highest BCUT2D eigenvalue weighted by Gasteiger charge is 2.29. The Morgan fingerprint density at radius 2 is 1.56 bits per heavy atom. The summed E-state index contributed by atoms with van der Waals surface area (Å²) in [7, 11) is 0. The number of rotatable bonds is 6. The summed E-state index contributed by atoms with van der Waals surface area (Å²) in [6.07, 6.45) is 6.87. The molecule has 3 N–H and O–H groups in total. The number of alkyl carbamates (subject to hydrolysis) is 1. The molecule has 34 heavy (non-hydrogen) atoms. The first-order valence-electron chi connectivity index (χ1n) is 12.6. The molecule has 4 amide bonds. The van der Waals surface area contributed by atoms with Gasteiger partial charge in [-0.15, -0.1) is 0 Å². The number of nitrogens with one attached hydrogen (secondary N) is 3. The van der Waals surface area contributed by atoms with E-state index in [1.54, 1.807) is 20.8 Å². The SMILES string of the molecule is CC(C)(C)OC(=O)NC(Cc1ccccc1)C(=O)NC1CCN(C(=O)NC2CCCCC2)CC1. The Labute approximate surface area is 203 Å². The number of hydrogen-bond donors (Lipinski definition) is 3. The molecule has 2 aliphatic rings. The second-order valence-corrected chi connectivity index (χ2v) is 10.4. The molecular weight excluding hydrogens is 432 g/mol. The van der Waals surface area contributed by atoms with Crippen molar-refractivity contribution in [2.75, 3.05) is 13.1 Å². The van der Waals surface area contributed by atoms with Gasteiger partial charge in [-0.05, 0) is 52.0 Å². The lowest BCUT2D eigenvalue weighted by molar-refractivity contribution is -0.124. The van der Waals surface area contributed by atoms with E-state index in [-0.39, 0.29) is 24.0 Å². The number of amides is 4. The van der Waals surface area contributed by atoms with Gasteiger partial charge in [0.25, 0.3) is 0 Å². The van der Waals surface area contributed by atoms with E-state index in [0.29, 0.717) is 32.4 Å². The van der Waals surface area contributed by atoms with Crippen molar-refractivity contribution in [3.63, 3.8) is 0 Å². The largest absolute Gasteiger partial charge is 0.444 e. The molecule has 1 heterocycles. The van der Waals surface area contributed by atoms with E-state index >= 15 is 0 Å². The highest BCUT2D eigenvalue weighted by molar-refractivity contribution is 5.86. The van der Waals surface area contributed by atoms with Crippen LogP contribution in [0, 0.1) is 0 Å². The average molecular weight is 473 g/mol. The molecule has 0 aromatic heterocycles. The van der Waals surface area contributed by atoms with Crippen molar-refractivity contribution >= 4 is 18.0 Å². The van der Waals surface area contributed by atoms with Crippen LogP contribution in [0.2, 0.25) is 0 Å². The summed E-state index contributed by atoms with van der Waals surface area (Å²) in [5.74, 6) is -0.236. The fourth-order valence-electron chi connectivity index (χ4n) is 4.55. The van der Waals surface area contributed by atoms with Gasteiger partial charge in [0.1, 0.15) is 11.6 Å². The maximum atomic E-state index is 13.1. The van der Waals surface area contributed by atoms with Crippen LogP contribution >= 0.6 is 0 Å². The molecule has 0 spiro atoms. The van der Waals surface area contributed by atoms with Crippen molar-refractivity contribution in [1.29, 1.82) is 0 Å². The van der Waals surface area contributed by atoms with Crippen LogP contribution in [0.3, 0.4) is 0 Å². The van der Waals surface area contributed by atoms with Crippen molar-refractivity contribution in [3.8, 4) is 0 Å². The van der Waals surface area contributed by atoms with E-state index in [4.69, 9.17) is 4.74 Å². The molecule has 0 radical (unpaired) electrons. The Balaban J connectivity index is 1.51. The fourth-order valence-corrected chi connectivity index (χ4v) is 4.55. The summed E-state index contributed by atoms with van der Waals surface area (Å²) < 4.78 is 5.37. The van der Waals surface area contributed by atoms with Crippen LogP contribution in [0.5, 0.6) is 0 Å². The summed E-state index contributed by atoms with van der Waals surface area (Å²) >= 11 is 0. The highest BCUT2D eigenvalue weighted by Crippen LogP contribution is 2.18. The lowest BCUT2D eigenvalue weighted by Gasteiger charge is -2.34. The van der Waals surface area contributed by atoms with Gasteiger partial charge in [0.15, 0.2) is 0 Å². The number of urea groups is 1. The van der Waals surface area contributed by atoms with E-state index in [9.17, 15) is 14.4 Å². The molecule has 1 atom stereocenters. The Hall–Kier alpha value is -2.77.